The Hall–Kier alpha value is -1.28. The topological polar surface area (TPSA) is 105 Å². The molecule has 0 aromatic heterocycles. The number of aliphatic hydroxyl groups is 1. The third-order valence-corrected chi connectivity index (χ3v) is 11.6. The molecular weight excluding hydrogens is 732 g/mol. The first-order valence-electron chi connectivity index (χ1n) is 23.9. The Morgan fingerprint density at radius 3 is 1.42 bits per heavy atom. The molecule has 0 heterocycles. The maximum atomic E-state index is 12.9. The Balaban J connectivity index is 4.18. The van der Waals surface area contributed by atoms with Crippen molar-refractivity contribution in [3.8, 4) is 0 Å². The lowest BCUT2D eigenvalue weighted by Crippen LogP contribution is -2.45. The number of aliphatic hydroxyl groups excluding tert-OH is 1. The minimum atomic E-state index is -4.34. The van der Waals surface area contributed by atoms with E-state index in [0.29, 0.717) is 17.4 Å². The molecule has 57 heavy (non-hydrogen) atoms. The Labute approximate surface area is 353 Å². The molecular formula is C48H94N2O6P+. The molecule has 0 saturated heterocycles. The van der Waals surface area contributed by atoms with Gasteiger partial charge in [-0.05, 0) is 57.8 Å². The Morgan fingerprint density at radius 1 is 0.579 bits per heavy atom. The fourth-order valence-electron chi connectivity index (χ4n) is 6.76. The molecule has 0 rings (SSSR count). The van der Waals surface area contributed by atoms with Crippen LogP contribution in [-0.4, -0.2) is 73.4 Å². The van der Waals surface area contributed by atoms with Crippen LogP contribution in [0.4, 0.5) is 0 Å². The molecule has 336 valence electrons. The monoisotopic (exact) mass is 826 g/mol. The molecule has 0 spiro atoms. The number of rotatable bonds is 43. The number of phosphoric ester groups is 1. The number of likely N-dealkylation sites (N-methyl/N-ethyl adjacent to an activating group) is 1. The van der Waals surface area contributed by atoms with Crippen LogP contribution >= 0.6 is 7.82 Å². The van der Waals surface area contributed by atoms with E-state index in [1.54, 1.807) is 6.08 Å². The molecule has 3 atom stereocenters. The van der Waals surface area contributed by atoms with E-state index in [9.17, 15) is 19.4 Å². The van der Waals surface area contributed by atoms with Gasteiger partial charge in [0.05, 0.1) is 39.9 Å². The van der Waals surface area contributed by atoms with Crippen molar-refractivity contribution in [1.29, 1.82) is 0 Å². The van der Waals surface area contributed by atoms with Gasteiger partial charge in [-0.2, -0.15) is 0 Å². The number of nitrogens with one attached hydrogen (secondary N) is 1. The average molecular weight is 826 g/mol. The van der Waals surface area contributed by atoms with Crippen LogP contribution < -0.4 is 5.32 Å². The summed E-state index contributed by atoms with van der Waals surface area (Å²) in [6.07, 6.45) is 49.5. The predicted octanol–water partition coefficient (Wildman–Crippen LogP) is 13.5. The zero-order valence-corrected chi connectivity index (χ0v) is 39.0. The van der Waals surface area contributed by atoms with Crippen molar-refractivity contribution in [2.75, 3.05) is 40.9 Å². The van der Waals surface area contributed by atoms with Crippen molar-refractivity contribution < 1.29 is 32.9 Å². The van der Waals surface area contributed by atoms with Crippen molar-refractivity contribution in [3.63, 3.8) is 0 Å². The van der Waals surface area contributed by atoms with Crippen molar-refractivity contribution in [1.82, 2.24) is 5.32 Å². The standard InChI is InChI=1S/C48H93N2O6P/c1-6-8-10-12-14-16-18-19-20-21-22-23-24-25-26-27-28-29-30-31-32-34-36-38-40-42-48(52)49-46(45-56-57(53,54)55-44-43-50(3,4)5)47(51)41-39-37-35-33-17-15-13-11-9-7-2/h17,25-26,33,39,41,46-47,51H,6-16,18-24,27-32,34-38,40,42-45H2,1-5H3,(H-,49,52,53,54)/p+1/b26-25-,33-17+,41-39+. The molecule has 8 nitrogen and oxygen atoms in total. The summed E-state index contributed by atoms with van der Waals surface area (Å²) in [5.41, 5.74) is 0. The summed E-state index contributed by atoms with van der Waals surface area (Å²) < 4.78 is 23.5. The van der Waals surface area contributed by atoms with Gasteiger partial charge in [0.15, 0.2) is 0 Å². The van der Waals surface area contributed by atoms with E-state index in [-0.39, 0.29) is 19.1 Å². The summed E-state index contributed by atoms with van der Waals surface area (Å²) in [6, 6.07) is -0.861. The molecule has 9 heteroatoms. The van der Waals surface area contributed by atoms with E-state index in [0.717, 1.165) is 38.5 Å². The molecule has 0 aliphatic heterocycles. The number of hydrogen-bond donors (Lipinski definition) is 3. The quantitative estimate of drug-likeness (QED) is 0.0245. The van der Waals surface area contributed by atoms with Gasteiger partial charge in [0.25, 0.3) is 0 Å². The highest BCUT2D eigenvalue weighted by atomic mass is 31.2. The second-order valence-corrected chi connectivity index (χ2v) is 18.9. The van der Waals surface area contributed by atoms with Gasteiger partial charge in [-0.15, -0.1) is 0 Å². The zero-order valence-electron chi connectivity index (χ0n) is 38.1. The van der Waals surface area contributed by atoms with Crippen molar-refractivity contribution >= 4 is 13.7 Å². The lowest BCUT2D eigenvalue weighted by Gasteiger charge is -2.25. The maximum Gasteiger partial charge on any atom is 0.472 e. The SMILES string of the molecule is CCCCCC/C=C/CC/C=C/C(O)C(COP(=O)(O)OCC[N+](C)(C)C)NC(=O)CCCCCCCCCCC/C=C\CCCCCCCCCCCCCC. The summed E-state index contributed by atoms with van der Waals surface area (Å²) in [4.78, 5) is 23.1. The molecule has 0 aliphatic carbocycles. The highest BCUT2D eigenvalue weighted by molar-refractivity contribution is 7.47. The van der Waals surface area contributed by atoms with E-state index in [2.05, 4.69) is 43.5 Å². The second kappa shape index (κ2) is 40.1. The van der Waals surface area contributed by atoms with Crippen LogP contribution in [0, 0.1) is 0 Å². The van der Waals surface area contributed by atoms with Gasteiger partial charge in [-0.25, -0.2) is 4.57 Å². The smallest absolute Gasteiger partial charge is 0.387 e. The molecule has 0 fully saturated rings. The van der Waals surface area contributed by atoms with E-state index in [4.69, 9.17) is 9.05 Å². The van der Waals surface area contributed by atoms with Gasteiger partial charge >= 0.3 is 7.82 Å². The zero-order chi connectivity index (χ0) is 42.1. The summed E-state index contributed by atoms with van der Waals surface area (Å²) >= 11 is 0. The number of carbonyl (C=O) groups excluding carboxylic acids is 1. The van der Waals surface area contributed by atoms with Gasteiger partial charge < -0.3 is 19.8 Å². The maximum absolute atomic E-state index is 12.9. The molecule has 0 radical (unpaired) electrons. The number of quaternary nitrogens is 1. The van der Waals surface area contributed by atoms with Gasteiger partial charge in [-0.1, -0.05) is 185 Å². The van der Waals surface area contributed by atoms with Crippen molar-refractivity contribution in [2.45, 2.75) is 225 Å². The highest BCUT2D eigenvalue weighted by Crippen LogP contribution is 2.43. The fourth-order valence-corrected chi connectivity index (χ4v) is 7.49. The lowest BCUT2D eigenvalue weighted by atomic mass is 10.0. The number of unbranched alkanes of at least 4 members (excludes halogenated alkanes) is 26. The lowest BCUT2D eigenvalue weighted by molar-refractivity contribution is -0.870. The van der Waals surface area contributed by atoms with Crippen LogP contribution in [-0.2, 0) is 18.4 Å². The highest BCUT2D eigenvalue weighted by Gasteiger charge is 2.27. The number of hydrogen-bond acceptors (Lipinski definition) is 5. The number of carbonyl (C=O) groups is 1. The van der Waals surface area contributed by atoms with Crippen LogP contribution in [0.5, 0.6) is 0 Å². The number of nitrogens with zero attached hydrogens (tertiary/aromatic N) is 1. The number of amides is 1. The molecule has 3 N–H and O–H groups in total. The number of phosphoric acid groups is 1. The van der Waals surface area contributed by atoms with Gasteiger partial charge in [-0.3, -0.25) is 13.8 Å². The predicted molar refractivity (Wildman–Crippen MR) is 244 cm³/mol. The summed E-state index contributed by atoms with van der Waals surface area (Å²) in [5, 5.41) is 13.8. The molecule has 0 aromatic carbocycles. The molecule has 0 bridgehead atoms. The van der Waals surface area contributed by atoms with Gasteiger partial charge in [0, 0.05) is 6.42 Å². The first-order valence-corrected chi connectivity index (χ1v) is 25.4. The third kappa shape index (κ3) is 42.6. The molecule has 3 unspecified atom stereocenters. The van der Waals surface area contributed by atoms with E-state index in [1.165, 1.54) is 154 Å². The van der Waals surface area contributed by atoms with Gasteiger partial charge in [0.1, 0.15) is 13.2 Å². The van der Waals surface area contributed by atoms with Crippen LogP contribution in [0.25, 0.3) is 0 Å². The first kappa shape index (κ1) is 55.7. The average Bonchev–Trinajstić information content (AvgIpc) is 3.16. The Kier molecular flexibility index (Phi) is 39.2. The third-order valence-electron chi connectivity index (χ3n) is 10.6. The fraction of sp³-hybridized carbons (Fsp3) is 0.854. The van der Waals surface area contributed by atoms with Crippen LogP contribution in [0.15, 0.2) is 36.5 Å². The summed E-state index contributed by atoms with van der Waals surface area (Å²) in [6.45, 7) is 4.76. The van der Waals surface area contributed by atoms with Crippen LogP contribution in [0.2, 0.25) is 0 Å². The van der Waals surface area contributed by atoms with Crippen molar-refractivity contribution in [2.24, 2.45) is 0 Å². The van der Waals surface area contributed by atoms with E-state index >= 15 is 0 Å². The summed E-state index contributed by atoms with van der Waals surface area (Å²) in [7, 11) is 1.55. The van der Waals surface area contributed by atoms with Crippen molar-refractivity contribution in [3.05, 3.63) is 36.5 Å². The van der Waals surface area contributed by atoms with E-state index in [1.807, 2.05) is 27.2 Å². The molecule has 0 aliphatic rings. The minimum absolute atomic E-state index is 0.0556. The summed E-state index contributed by atoms with van der Waals surface area (Å²) in [5.74, 6) is -0.191. The van der Waals surface area contributed by atoms with Crippen LogP contribution in [0.3, 0.4) is 0 Å². The molecule has 0 saturated carbocycles. The van der Waals surface area contributed by atoms with E-state index < -0.39 is 20.0 Å². The molecule has 1 amide bonds. The number of allylic oxidation sites excluding steroid dienone is 5. The second-order valence-electron chi connectivity index (χ2n) is 17.5. The first-order chi connectivity index (χ1) is 27.5. The minimum Gasteiger partial charge on any atom is -0.387 e. The largest absolute Gasteiger partial charge is 0.472 e. The molecule has 0 aromatic rings. The van der Waals surface area contributed by atoms with Crippen LogP contribution in [0.1, 0.15) is 213 Å². The Bertz CT molecular complexity index is 1030. The normalized spacial score (nSPS) is 14.6. The van der Waals surface area contributed by atoms with Gasteiger partial charge in [0.2, 0.25) is 5.91 Å². The Morgan fingerprint density at radius 2 is 0.965 bits per heavy atom.